The van der Waals surface area contributed by atoms with E-state index in [1.54, 1.807) is 31.4 Å². The highest BCUT2D eigenvalue weighted by Crippen LogP contribution is 2.29. The molecule has 0 radical (unpaired) electrons. The van der Waals surface area contributed by atoms with Gasteiger partial charge in [0.1, 0.15) is 12.1 Å². The van der Waals surface area contributed by atoms with E-state index < -0.39 is 0 Å². The number of methoxy groups -OCH3 is 2. The van der Waals surface area contributed by atoms with E-state index in [1.165, 1.54) is 13.4 Å². The van der Waals surface area contributed by atoms with E-state index in [4.69, 9.17) is 9.47 Å². The standard InChI is InChI=1S/C23H19BrN4O3/c1-30-20-9-6-14(10-21(20)31-2)23(29)28-17-7-8-19-18(12-17)22(26-13-25-19)27-16-5-3-4-15(24)11-16/h3-13H,1-2H3,(H,28,29)(H,25,26,27). The molecular formula is C23H19BrN4O3. The first kappa shape index (κ1) is 20.6. The zero-order valence-electron chi connectivity index (χ0n) is 16.8. The molecule has 7 nitrogen and oxygen atoms in total. The summed E-state index contributed by atoms with van der Waals surface area (Å²) in [6.07, 6.45) is 1.50. The maximum absolute atomic E-state index is 12.8. The van der Waals surface area contributed by atoms with Crippen LogP contribution in [0.25, 0.3) is 10.9 Å². The number of nitrogens with one attached hydrogen (secondary N) is 2. The van der Waals surface area contributed by atoms with Gasteiger partial charge in [0.05, 0.1) is 19.7 Å². The van der Waals surface area contributed by atoms with Crippen molar-refractivity contribution in [1.82, 2.24) is 9.97 Å². The number of anilines is 3. The Kier molecular flexibility index (Phi) is 5.99. The first-order valence-corrected chi connectivity index (χ1v) is 10.2. The average molecular weight is 479 g/mol. The largest absolute Gasteiger partial charge is 0.493 e. The molecule has 0 aliphatic rings. The molecule has 8 heteroatoms. The van der Waals surface area contributed by atoms with Crippen molar-refractivity contribution in [3.63, 3.8) is 0 Å². The van der Waals surface area contributed by atoms with Gasteiger partial charge in [0, 0.05) is 26.8 Å². The second-order valence-electron chi connectivity index (χ2n) is 6.61. The topological polar surface area (TPSA) is 85.4 Å². The molecule has 0 atom stereocenters. The van der Waals surface area contributed by atoms with Crippen molar-refractivity contribution < 1.29 is 14.3 Å². The Balaban J connectivity index is 1.62. The summed E-state index contributed by atoms with van der Waals surface area (Å²) in [5, 5.41) is 7.00. The van der Waals surface area contributed by atoms with E-state index in [-0.39, 0.29) is 5.91 Å². The third-order valence-electron chi connectivity index (χ3n) is 4.63. The molecule has 4 rings (SSSR count). The monoisotopic (exact) mass is 478 g/mol. The minimum absolute atomic E-state index is 0.265. The van der Waals surface area contributed by atoms with Crippen molar-refractivity contribution in [2.45, 2.75) is 0 Å². The number of carbonyl (C=O) groups is 1. The molecule has 1 heterocycles. The minimum atomic E-state index is -0.265. The molecule has 3 aromatic carbocycles. The van der Waals surface area contributed by atoms with Crippen LogP contribution in [-0.2, 0) is 0 Å². The number of halogens is 1. The number of benzene rings is 3. The summed E-state index contributed by atoms with van der Waals surface area (Å²) in [7, 11) is 3.08. The highest BCUT2D eigenvalue weighted by atomic mass is 79.9. The van der Waals surface area contributed by atoms with Gasteiger partial charge in [-0.3, -0.25) is 4.79 Å². The SMILES string of the molecule is COc1ccc(C(=O)Nc2ccc3ncnc(Nc4cccc(Br)c4)c3c2)cc1OC. The van der Waals surface area contributed by atoms with E-state index >= 15 is 0 Å². The van der Waals surface area contributed by atoms with E-state index in [2.05, 4.69) is 36.5 Å². The molecule has 1 amide bonds. The Morgan fingerprint density at radius 2 is 1.74 bits per heavy atom. The summed E-state index contributed by atoms with van der Waals surface area (Å²) in [6, 6.07) is 18.3. The number of fused-ring (bicyclic) bond motifs is 1. The fourth-order valence-corrected chi connectivity index (χ4v) is 3.52. The van der Waals surface area contributed by atoms with Gasteiger partial charge >= 0.3 is 0 Å². The van der Waals surface area contributed by atoms with Crippen LogP contribution in [-0.4, -0.2) is 30.1 Å². The van der Waals surface area contributed by atoms with Gasteiger partial charge in [-0.2, -0.15) is 0 Å². The molecule has 0 saturated heterocycles. The summed E-state index contributed by atoms with van der Waals surface area (Å²) in [4.78, 5) is 21.5. The van der Waals surface area contributed by atoms with Gasteiger partial charge in [-0.1, -0.05) is 22.0 Å². The lowest BCUT2D eigenvalue weighted by molar-refractivity contribution is 0.102. The summed E-state index contributed by atoms with van der Waals surface area (Å²) in [6.45, 7) is 0. The fourth-order valence-electron chi connectivity index (χ4n) is 3.12. The Hall–Kier alpha value is -3.65. The second-order valence-corrected chi connectivity index (χ2v) is 7.53. The lowest BCUT2D eigenvalue weighted by Crippen LogP contribution is -2.12. The van der Waals surface area contributed by atoms with Crippen LogP contribution in [0.15, 0.2) is 71.5 Å². The van der Waals surface area contributed by atoms with Crippen molar-refractivity contribution in [2.75, 3.05) is 24.9 Å². The first-order valence-electron chi connectivity index (χ1n) is 9.38. The second kappa shape index (κ2) is 9.01. The highest BCUT2D eigenvalue weighted by molar-refractivity contribution is 9.10. The Bertz CT molecular complexity index is 1260. The molecule has 0 spiro atoms. The molecule has 0 fully saturated rings. The number of carbonyl (C=O) groups excluding carboxylic acids is 1. The zero-order valence-corrected chi connectivity index (χ0v) is 18.4. The zero-order chi connectivity index (χ0) is 21.8. The van der Waals surface area contributed by atoms with Gasteiger partial charge in [0.15, 0.2) is 11.5 Å². The predicted molar refractivity (Wildman–Crippen MR) is 124 cm³/mol. The van der Waals surface area contributed by atoms with Crippen molar-refractivity contribution in [3.8, 4) is 11.5 Å². The number of aromatic nitrogens is 2. The highest BCUT2D eigenvalue weighted by Gasteiger charge is 2.12. The number of amides is 1. The number of nitrogens with zero attached hydrogens (tertiary/aromatic N) is 2. The maximum Gasteiger partial charge on any atom is 0.255 e. The van der Waals surface area contributed by atoms with Crippen LogP contribution in [0, 0.1) is 0 Å². The predicted octanol–water partition coefficient (Wildman–Crippen LogP) is 5.41. The summed E-state index contributed by atoms with van der Waals surface area (Å²) >= 11 is 3.47. The normalized spacial score (nSPS) is 10.5. The van der Waals surface area contributed by atoms with Crippen LogP contribution in [0.4, 0.5) is 17.2 Å². The minimum Gasteiger partial charge on any atom is -0.493 e. The van der Waals surface area contributed by atoms with Gasteiger partial charge in [-0.15, -0.1) is 0 Å². The lowest BCUT2D eigenvalue weighted by Gasteiger charge is -2.12. The molecule has 31 heavy (non-hydrogen) atoms. The molecule has 1 aromatic heterocycles. The molecule has 4 aromatic rings. The quantitative estimate of drug-likeness (QED) is 0.385. The molecule has 156 valence electrons. The maximum atomic E-state index is 12.8. The van der Waals surface area contributed by atoms with Gasteiger partial charge in [0.25, 0.3) is 5.91 Å². The van der Waals surface area contributed by atoms with Crippen LogP contribution in [0.5, 0.6) is 11.5 Å². The molecule has 0 aliphatic carbocycles. The lowest BCUT2D eigenvalue weighted by atomic mass is 10.1. The van der Waals surface area contributed by atoms with Crippen molar-refractivity contribution in [1.29, 1.82) is 0 Å². The summed E-state index contributed by atoms with van der Waals surface area (Å²) < 4.78 is 11.5. The number of hydrogen-bond acceptors (Lipinski definition) is 6. The summed E-state index contributed by atoms with van der Waals surface area (Å²) in [5.74, 6) is 1.43. The average Bonchev–Trinajstić information content (AvgIpc) is 2.79. The first-order chi connectivity index (χ1) is 15.1. The van der Waals surface area contributed by atoms with Crippen LogP contribution in [0.2, 0.25) is 0 Å². The molecular weight excluding hydrogens is 460 g/mol. The Morgan fingerprint density at radius 1 is 0.903 bits per heavy atom. The van der Waals surface area contributed by atoms with Crippen LogP contribution >= 0.6 is 15.9 Å². The molecule has 2 N–H and O–H groups in total. The van der Waals surface area contributed by atoms with Crippen molar-refractivity contribution >= 4 is 49.9 Å². The van der Waals surface area contributed by atoms with Crippen molar-refractivity contribution in [3.05, 3.63) is 77.0 Å². The van der Waals surface area contributed by atoms with Crippen LogP contribution < -0.4 is 20.1 Å². The third kappa shape index (κ3) is 4.59. The smallest absolute Gasteiger partial charge is 0.255 e. The van der Waals surface area contributed by atoms with E-state index in [9.17, 15) is 4.79 Å². The number of ether oxygens (including phenoxy) is 2. The van der Waals surface area contributed by atoms with Gasteiger partial charge in [-0.05, 0) is 54.6 Å². The van der Waals surface area contributed by atoms with Gasteiger partial charge in [0.2, 0.25) is 0 Å². The Morgan fingerprint density at radius 3 is 2.52 bits per heavy atom. The molecule has 0 bridgehead atoms. The Labute approximate surface area is 187 Å². The molecule has 0 aliphatic heterocycles. The van der Waals surface area contributed by atoms with E-state index in [0.29, 0.717) is 28.6 Å². The van der Waals surface area contributed by atoms with E-state index in [1.807, 2.05) is 36.4 Å². The van der Waals surface area contributed by atoms with Gasteiger partial charge in [-0.25, -0.2) is 9.97 Å². The number of hydrogen-bond donors (Lipinski definition) is 2. The van der Waals surface area contributed by atoms with E-state index in [0.717, 1.165) is 21.1 Å². The fraction of sp³-hybridized carbons (Fsp3) is 0.0870. The van der Waals surface area contributed by atoms with Crippen LogP contribution in [0.1, 0.15) is 10.4 Å². The van der Waals surface area contributed by atoms with Crippen molar-refractivity contribution in [2.24, 2.45) is 0 Å². The third-order valence-corrected chi connectivity index (χ3v) is 5.12. The van der Waals surface area contributed by atoms with Gasteiger partial charge < -0.3 is 20.1 Å². The summed E-state index contributed by atoms with van der Waals surface area (Å²) in [5.41, 5.74) is 2.72. The number of rotatable bonds is 6. The molecule has 0 unspecified atom stereocenters. The van der Waals surface area contributed by atoms with Crippen LogP contribution in [0.3, 0.4) is 0 Å². The molecule has 0 saturated carbocycles.